The van der Waals surface area contributed by atoms with Crippen LogP contribution in [0.5, 0.6) is 0 Å². The largest absolute Gasteiger partial charge is 0.314 e. The van der Waals surface area contributed by atoms with Crippen LogP contribution in [0.1, 0.15) is 44.1 Å². The van der Waals surface area contributed by atoms with E-state index in [0.717, 1.165) is 6.54 Å². The van der Waals surface area contributed by atoms with Crippen LogP contribution in [0.15, 0.2) is 36.7 Å². The first kappa shape index (κ1) is 12.6. The van der Waals surface area contributed by atoms with Crippen LogP contribution in [0, 0.1) is 0 Å². The number of hydrogen-bond acceptors (Lipinski definition) is 2. The highest BCUT2D eigenvalue weighted by Gasteiger charge is 2.26. The van der Waals surface area contributed by atoms with Crippen LogP contribution in [0.3, 0.4) is 0 Å². The maximum Gasteiger partial charge on any atom is 0.0346 e. The summed E-state index contributed by atoms with van der Waals surface area (Å²) in [4.78, 5) is 4.22. The maximum atomic E-state index is 4.22. The molecule has 1 aliphatic carbocycles. The predicted molar refractivity (Wildman–Crippen MR) is 80.4 cm³/mol. The summed E-state index contributed by atoms with van der Waals surface area (Å²) in [5.41, 5.74) is 1.51. The molecule has 0 spiro atoms. The van der Waals surface area contributed by atoms with Gasteiger partial charge in [0.25, 0.3) is 0 Å². The Kier molecular flexibility index (Phi) is 3.79. The van der Waals surface area contributed by atoms with Crippen LogP contribution in [0.4, 0.5) is 0 Å². The molecule has 0 saturated heterocycles. The van der Waals surface area contributed by atoms with Gasteiger partial charge in [-0.2, -0.15) is 0 Å². The summed E-state index contributed by atoms with van der Waals surface area (Å²) in [5.74, 6) is 0.709. The summed E-state index contributed by atoms with van der Waals surface area (Å²) >= 11 is 0. The molecule has 19 heavy (non-hydrogen) atoms. The summed E-state index contributed by atoms with van der Waals surface area (Å²) < 4.78 is 0. The van der Waals surface area contributed by atoms with Gasteiger partial charge in [-0.05, 0) is 55.2 Å². The summed E-state index contributed by atoms with van der Waals surface area (Å²) in [6.45, 7) is 3.38. The van der Waals surface area contributed by atoms with Crippen molar-refractivity contribution in [2.75, 3.05) is 6.54 Å². The molecular formula is C17H22N2. The first-order valence-corrected chi connectivity index (χ1v) is 7.44. The van der Waals surface area contributed by atoms with E-state index in [4.69, 9.17) is 0 Å². The van der Waals surface area contributed by atoms with Gasteiger partial charge >= 0.3 is 0 Å². The molecule has 0 radical (unpaired) electrons. The zero-order valence-electron chi connectivity index (χ0n) is 11.6. The van der Waals surface area contributed by atoms with Crippen molar-refractivity contribution in [1.82, 2.24) is 10.3 Å². The Balaban J connectivity index is 1.82. The van der Waals surface area contributed by atoms with Crippen molar-refractivity contribution in [3.05, 3.63) is 42.2 Å². The van der Waals surface area contributed by atoms with Crippen LogP contribution in [-0.2, 0) is 0 Å². The average molecular weight is 254 g/mol. The van der Waals surface area contributed by atoms with Crippen molar-refractivity contribution < 1.29 is 0 Å². The summed E-state index contributed by atoms with van der Waals surface area (Å²) in [6, 6.07) is 9.51. The zero-order chi connectivity index (χ0) is 13.1. The quantitative estimate of drug-likeness (QED) is 0.896. The number of pyridine rings is 1. The second-order valence-electron chi connectivity index (χ2n) is 5.61. The first-order valence-electron chi connectivity index (χ1n) is 7.44. The van der Waals surface area contributed by atoms with E-state index in [9.17, 15) is 0 Å². The first-order chi connectivity index (χ1) is 9.38. The van der Waals surface area contributed by atoms with Crippen molar-refractivity contribution in [2.45, 2.75) is 44.6 Å². The molecule has 1 N–H and O–H groups in total. The van der Waals surface area contributed by atoms with Gasteiger partial charge in [0.2, 0.25) is 0 Å². The molecular weight excluding hydrogens is 232 g/mol. The van der Waals surface area contributed by atoms with E-state index < -0.39 is 0 Å². The zero-order valence-corrected chi connectivity index (χ0v) is 11.6. The highest BCUT2D eigenvalue weighted by molar-refractivity contribution is 5.85. The predicted octanol–water partition coefficient (Wildman–Crippen LogP) is 3.87. The smallest absolute Gasteiger partial charge is 0.0346 e. The lowest BCUT2D eigenvalue weighted by atomic mass is 9.93. The number of hydrogen-bond donors (Lipinski definition) is 1. The van der Waals surface area contributed by atoms with Gasteiger partial charge in [-0.3, -0.25) is 4.98 Å². The molecule has 1 aromatic heterocycles. The average Bonchev–Trinajstić information content (AvgIpc) is 2.93. The molecule has 0 bridgehead atoms. The molecule has 1 aromatic carbocycles. The minimum absolute atomic E-state index is 0.709. The van der Waals surface area contributed by atoms with E-state index in [-0.39, 0.29) is 0 Å². The van der Waals surface area contributed by atoms with Crippen LogP contribution in [-0.4, -0.2) is 17.6 Å². The Morgan fingerprint density at radius 2 is 2.21 bits per heavy atom. The van der Waals surface area contributed by atoms with Crippen molar-refractivity contribution in [3.63, 3.8) is 0 Å². The van der Waals surface area contributed by atoms with E-state index in [0.29, 0.717) is 12.0 Å². The third-order valence-electron chi connectivity index (χ3n) is 4.27. The third-order valence-corrected chi connectivity index (χ3v) is 4.27. The van der Waals surface area contributed by atoms with Gasteiger partial charge in [-0.15, -0.1) is 0 Å². The molecule has 1 heterocycles. The Bertz CT molecular complexity index is 544. The lowest BCUT2D eigenvalue weighted by Crippen LogP contribution is -2.26. The number of aromatic nitrogens is 1. The molecule has 2 unspecified atom stereocenters. The van der Waals surface area contributed by atoms with Gasteiger partial charge in [-0.1, -0.05) is 25.1 Å². The maximum absolute atomic E-state index is 4.22. The number of nitrogens with zero attached hydrogens (tertiary/aromatic N) is 1. The number of benzene rings is 1. The van der Waals surface area contributed by atoms with Gasteiger partial charge in [0, 0.05) is 23.8 Å². The van der Waals surface area contributed by atoms with Gasteiger partial charge in [0.1, 0.15) is 0 Å². The molecule has 1 saturated carbocycles. The number of nitrogens with one attached hydrogen (secondary N) is 1. The Morgan fingerprint density at radius 3 is 3.11 bits per heavy atom. The van der Waals surface area contributed by atoms with E-state index in [1.807, 2.05) is 12.4 Å². The fourth-order valence-corrected chi connectivity index (χ4v) is 3.30. The second-order valence-corrected chi connectivity index (χ2v) is 5.61. The summed E-state index contributed by atoms with van der Waals surface area (Å²) in [7, 11) is 0. The van der Waals surface area contributed by atoms with Gasteiger partial charge < -0.3 is 5.32 Å². The SMILES string of the molecule is CCCNC1CCC(c2cccc3cnccc23)C1. The van der Waals surface area contributed by atoms with E-state index >= 15 is 0 Å². The van der Waals surface area contributed by atoms with Crippen LogP contribution >= 0.6 is 0 Å². The minimum atomic E-state index is 0.709. The lowest BCUT2D eigenvalue weighted by molar-refractivity contribution is 0.517. The normalized spacial score (nSPS) is 23.0. The highest BCUT2D eigenvalue weighted by atomic mass is 14.9. The number of rotatable bonds is 4. The highest BCUT2D eigenvalue weighted by Crippen LogP contribution is 2.37. The monoisotopic (exact) mass is 254 g/mol. The molecule has 2 atom stereocenters. The molecule has 2 nitrogen and oxygen atoms in total. The van der Waals surface area contributed by atoms with E-state index in [1.165, 1.54) is 42.0 Å². The van der Waals surface area contributed by atoms with Crippen LogP contribution in [0.25, 0.3) is 10.8 Å². The van der Waals surface area contributed by atoms with E-state index in [2.05, 4.69) is 41.5 Å². The third kappa shape index (κ3) is 2.64. The summed E-state index contributed by atoms with van der Waals surface area (Å²) in [6.07, 6.45) is 9.01. The molecule has 100 valence electrons. The van der Waals surface area contributed by atoms with Crippen molar-refractivity contribution in [3.8, 4) is 0 Å². The van der Waals surface area contributed by atoms with Crippen LogP contribution in [0.2, 0.25) is 0 Å². The lowest BCUT2D eigenvalue weighted by Gasteiger charge is -2.15. The van der Waals surface area contributed by atoms with Gasteiger partial charge in [0.15, 0.2) is 0 Å². The molecule has 2 heteroatoms. The van der Waals surface area contributed by atoms with Crippen molar-refractivity contribution in [1.29, 1.82) is 0 Å². The molecule has 0 aliphatic heterocycles. The Hall–Kier alpha value is -1.41. The molecule has 2 aromatic rings. The topological polar surface area (TPSA) is 24.9 Å². The minimum Gasteiger partial charge on any atom is -0.314 e. The Labute approximate surface area is 115 Å². The fourth-order valence-electron chi connectivity index (χ4n) is 3.30. The van der Waals surface area contributed by atoms with E-state index in [1.54, 1.807) is 0 Å². The fraction of sp³-hybridized carbons (Fsp3) is 0.471. The van der Waals surface area contributed by atoms with Crippen molar-refractivity contribution in [2.24, 2.45) is 0 Å². The van der Waals surface area contributed by atoms with Crippen LogP contribution < -0.4 is 5.32 Å². The second kappa shape index (κ2) is 5.70. The number of fused-ring (bicyclic) bond motifs is 1. The molecule has 3 rings (SSSR count). The standard InChI is InChI=1S/C17H22N2/c1-2-9-19-15-7-6-13(11-15)16-5-3-4-14-12-18-10-8-17(14)16/h3-5,8,10,12-13,15,19H,2,6-7,9,11H2,1H3. The molecule has 0 amide bonds. The van der Waals surface area contributed by atoms with Gasteiger partial charge in [0.05, 0.1) is 0 Å². The molecule has 1 aliphatic rings. The van der Waals surface area contributed by atoms with Gasteiger partial charge in [-0.25, -0.2) is 0 Å². The van der Waals surface area contributed by atoms with Crippen molar-refractivity contribution >= 4 is 10.8 Å². The molecule has 1 fully saturated rings. The Morgan fingerprint density at radius 1 is 1.26 bits per heavy atom. The summed E-state index contributed by atoms with van der Waals surface area (Å²) in [5, 5.41) is 6.32.